The van der Waals surface area contributed by atoms with E-state index in [1.807, 2.05) is 0 Å². The average molecular weight is 184 g/mol. The summed E-state index contributed by atoms with van der Waals surface area (Å²) < 4.78 is 0. The topological polar surface area (TPSA) is 15.3 Å². The number of nitrogens with zero attached hydrogens (tertiary/aromatic N) is 1. The van der Waals surface area contributed by atoms with E-state index in [0.717, 1.165) is 12.6 Å². The van der Waals surface area contributed by atoms with Gasteiger partial charge in [-0.3, -0.25) is 4.90 Å². The standard InChI is InChI=1S/C11H24N2/c1-9(2)12-7-8-13(10(3)4)11-5-6-11/h9-12H,5-8H2,1-4H3. The van der Waals surface area contributed by atoms with E-state index in [0.29, 0.717) is 12.1 Å². The Hall–Kier alpha value is -0.0800. The molecule has 0 aromatic carbocycles. The quantitative estimate of drug-likeness (QED) is 0.678. The van der Waals surface area contributed by atoms with E-state index < -0.39 is 0 Å². The van der Waals surface area contributed by atoms with Crippen LogP contribution in [-0.4, -0.2) is 36.1 Å². The highest BCUT2D eigenvalue weighted by Crippen LogP contribution is 2.27. The predicted octanol–water partition coefficient (Wildman–Crippen LogP) is 1.86. The number of hydrogen-bond acceptors (Lipinski definition) is 2. The van der Waals surface area contributed by atoms with Gasteiger partial charge in [0.1, 0.15) is 0 Å². The molecule has 13 heavy (non-hydrogen) atoms. The molecule has 1 aliphatic rings. The summed E-state index contributed by atoms with van der Waals surface area (Å²) in [7, 11) is 0. The van der Waals surface area contributed by atoms with Crippen molar-refractivity contribution in [2.24, 2.45) is 0 Å². The highest BCUT2D eigenvalue weighted by Gasteiger charge is 2.29. The molecule has 0 atom stereocenters. The lowest BCUT2D eigenvalue weighted by Gasteiger charge is -2.26. The molecule has 1 fully saturated rings. The first-order valence-electron chi connectivity index (χ1n) is 5.60. The van der Waals surface area contributed by atoms with Gasteiger partial charge in [0.05, 0.1) is 0 Å². The van der Waals surface area contributed by atoms with E-state index in [9.17, 15) is 0 Å². The molecule has 0 amide bonds. The second kappa shape index (κ2) is 4.97. The van der Waals surface area contributed by atoms with Gasteiger partial charge in [-0.25, -0.2) is 0 Å². The fourth-order valence-electron chi connectivity index (χ4n) is 1.75. The molecule has 1 rings (SSSR count). The van der Waals surface area contributed by atoms with Crippen molar-refractivity contribution >= 4 is 0 Å². The van der Waals surface area contributed by atoms with E-state index in [4.69, 9.17) is 0 Å². The molecule has 0 bridgehead atoms. The SMILES string of the molecule is CC(C)NCCN(C(C)C)C1CC1. The van der Waals surface area contributed by atoms with Crippen molar-refractivity contribution in [2.75, 3.05) is 13.1 Å². The molecule has 0 spiro atoms. The lowest BCUT2D eigenvalue weighted by Crippen LogP contribution is -2.39. The molecular weight excluding hydrogens is 160 g/mol. The molecule has 0 aromatic heterocycles. The third-order valence-electron chi connectivity index (χ3n) is 2.60. The Kier molecular flexibility index (Phi) is 4.20. The van der Waals surface area contributed by atoms with Crippen LogP contribution in [0.2, 0.25) is 0 Å². The Morgan fingerprint density at radius 3 is 2.23 bits per heavy atom. The van der Waals surface area contributed by atoms with Crippen molar-refractivity contribution in [3.8, 4) is 0 Å². The summed E-state index contributed by atoms with van der Waals surface area (Å²) >= 11 is 0. The first-order chi connectivity index (χ1) is 6.11. The summed E-state index contributed by atoms with van der Waals surface area (Å²) in [6.07, 6.45) is 2.83. The van der Waals surface area contributed by atoms with Gasteiger partial charge < -0.3 is 5.32 Å². The molecule has 1 N–H and O–H groups in total. The molecule has 2 heteroatoms. The van der Waals surface area contributed by atoms with Gasteiger partial charge in [-0.2, -0.15) is 0 Å². The normalized spacial score (nSPS) is 17.8. The van der Waals surface area contributed by atoms with Gasteiger partial charge >= 0.3 is 0 Å². The van der Waals surface area contributed by atoms with E-state index in [1.54, 1.807) is 0 Å². The van der Waals surface area contributed by atoms with Crippen molar-refractivity contribution in [1.82, 2.24) is 10.2 Å². The first kappa shape index (κ1) is 11.0. The van der Waals surface area contributed by atoms with Crippen molar-refractivity contribution in [3.63, 3.8) is 0 Å². The van der Waals surface area contributed by atoms with Crippen molar-refractivity contribution in [2.45, 2.75) is 58.7 Å². The summed E-state index contributed by atoms with van der Waals surface area (Å²) in [6.45, 7) is 11.3. The van der Waals surface area contributed by atoms with Gasteiger partial charge in [0.25, 0.3) is 0 Å². The highest BCUT2D eigenvalue weighted by molar-refractivity contribution is 4.86. The Morgan fingerprint density at radius 2 is 1.85 bits per heavy atom. The van der Waals surface area contributed by atoms with Crippen molar-refractivity contribution < 1.29 is 0 Å². The zero-order valence-electron chi connectivity index (χ0n) is 9.51. The van der Waals surface area contributed by atoms with Crippen LogP contribution in [0.3, 0.4) is 0 Å². The maximum atomic E-state index is 3.47. The lowest BCUT2D eigenvalue weighted by atomic mass is 10.3. The van der Waals surface area contributed by atoms with Crippen LogP contribution in [0.15, 0.2) is 0 Å². The molecule has 0 aromatic rings. The predicted molar refractivity (Wildman–Crippen MR) is 58.0 cm³/mol. The molecule has 0 aliphatic heterocycles. The Balaban J connectivity index is 2.15. The third-order valence-corrected chi connectivity index (χ3v) is 2.60. The smallest absolute Gasteiger partial charge is 0.0113 e. The van der Waals surface area contributed by atoms with Crippen LogP contribution in [0, 0.1) is 0 Å². The Morgan fingerprint density at radius 1 is 1.23 bits per heavy atom. The first-order valence-corrected chi connectivity index (χ1v) is 5.60. The van der Waals surface area contributed by atoms with Crippen LogP contribution in [0.1, 0.15) is 40.5 Å². The second-order valence-corrected chi connectivity index (χ2v) is 4.67. The zero-order valence-corrected chi connectivity index (χ0v) is 9.51. The van der Waals surface area contributed by atoms with Gasteiger partial charge in [0.2, 0.25) is 0 Å². The summed E-state index contributed by atoms with van der Waals surface area (Å²) in [5, 5.41) is 3.47. The monoisotopic (exact) mass is 184 g/mol. The van der Waals surface area contributed by atoms with Crippen molar-refractivity contribution in [1.29, 1.82) is 0 Å². The number of hydrogen-bond donors (Lipinski definition) is 1. The van der Waals surface area contributed by atoms with Crippen LogP contribution in [0.5, 0.6) is 0 Å². The molecule has 2 nitrogen and oxygen atoms in total. The van der Waals surface area contributed by atoms with Crippen LogP contribution < -0.4 is 5.32 Å². The van der Waals surface area contributed by atoms with E-state index >= 15 is 0 Å². The molecule has 1 aliphatic carbocycles. The summed E-state index contributed by atoms with van der Waals surface area (Å²) in [4.78, 5) is 2.62. The zero-order chi connectivity index (χ0) is 9.84. The fraction of sp³-hybridized carbons (Fsp3) is 1.00. The molecular formula is C11H24N2. The molecule has 1 saturated carbocycles. The van der Waals surface area contributed by atoms with Gasteiger partial charge in [-0.15, -0.1) is 0 Å². The number of nitrogens with one attached hydrogen (secondary N) is 1. The van der Waals surface area contributed by atoms with Crippen LogP contribution in [0.4, 0.5) is 0 Å². The maximum absolute atomic E-state index is 3.47. The minimum atomic E-state index is 0.619. The molecule has 0 saturated heterocycles. The summed E-state index contributed by atoms with van der Waals surface area (Å²) in [6, 6.07) is 2.23. The maximum Gasteiger partial charge on any atom is 0.0113 e. The van der Waals surface area contributed by atoms with E-state index in [1.165, 1.54) is 19.4 Å². The fourth-order valence-corrected chi connectivity index (χ4v) is 1.75. The minimum Gasteiger partial charge on any atom is -0.313 e. The van der Waals surface area contributed by atoms with Gasteiger partial charge in [0, 0.05) is 31.2 Å². The lowest BCUT2D eigenvalue weighted by molar-refractivity contribution is 0.210. The van der Waals surface area contributed by atoms with Gasteiger partial charge in [0.15, 0.2) is 0 Å². The minimum absolute atomic E-state index is 0.619. The largest absolute Gasteiger partial charge is 0.313 e. The van der Waals surface area contributed by atoms with E-state index in [2.05, 4.69) is 37.9 Å². The van der Waals surface area contributed by atoms with Crippen LogP contribution in [0.25, 0.3) is 0 Å². The van der Waals surface area contributed by atoms with E-state index in [-0.39, 0.29) is 0 Å². The van der Waals surface area contributed by atoms with Gasteiger partial charge in [-0.1, -0.05) is 13.8 Å². The molecule has 78 valence electrons. The Labute approximate surface area is 82.7 Å². The van der Waals surface area contributed by atoms with Crippen molar-refractivity contribution in [3.05, 3.63) is 0 Å². The Bertz CT molecular complexity index is 137. The molecule has 0 radical (unpaired) electrons. The number of rotatable bonds is 6. The van der Waals surface area contributed by atoms with Gasteiger partial charge in [-0.05, 0) is 26.7 Å². The second-order valence-electron chi connectivity index (χ2n) is 4.67. The third kappa shape index (κ3) is 4.10. The molecule has 0 unspecified atom stereocenters. The summed E-state index contributed by atoms with van der Waals surface area (Å²) in [5.41, 5.74) is 0. The van der Waals surface area contributed by atoms with Crippen LogP contribution in [-0.2, 0) is 0 Å². The highest BCUT2D eigenvalue weighted by atomic mass is 15.2. The van der Waals surface area contributed by atoms with Crippen LogP contribution >= 0.6 is 0 Å². The average Bonchev–Trinajstić information content (AvgIpc) is 2.79. The summed E-state index contributed by atoms with van der Waals surface area (Å²) in [5.74, 6) is 0. The molecule has 0 heterocycles.